The van der Waals surface area contributed by atoms with E-state index in [9.17, 15) is 14.0 Å². The van der Waals surface area contributed by atoms with E-state index in [1.165, 1.54) is 6.07 Å². The molecule has 8 heteroatoms. The topological polar surface area (TPSA) is 96.7 Å². The van der Waals surface area contributed by atoms with E-state index in [4.69, 9.17) is 10.6 Å². The van der Waals surface area contributed by atoms with Gasteiger partial charge in [-0.1, -0.05) is 19.9 Å². The predicted octanol–water partition coefficient (Wildman–Crippen LogP) is 2.64. The number of amides is 1. The molecule has 0 radical (unpaired) electrons. The quantitative estimate of drug-likeness (QED) is 0.247. The zero-order valence-corrected chi connectivity index (χ0v) is 18.3. The van der Waals surface area contributed by atoms with Crippen molar-refractivity contribution in [2.24, 2.45) is 11.1 Å². The molecule has 0 aromatic heterocycles. The number of nitrogens with one attached hydrogen (secondary N) is 2. The second-order valence-electron chi connectivity index (χ2n) is 8.43. The van der Waals surface area contributed by atoms with Crippen LogP contribution in [0.5, 0.6) is 0 Å². The number of nitrogens with zero attached hydrogens (tertiary/aromatic N) is 1. The lowest BCUT2D eigenvalue weighted by Crippen LogP contribution is -2.33. The van der Waals surface area contributed by atoms with Crippen molar-refractivity contribution < 1.29 is 18.8 Å². The standard InChI is InChI=1S/C22H31FN4O3/c1-14-6-7-18(17(23)10-14)25-20(27(4)5)19(21(29)26-30-9-8-24)16-12-22(2,3)11-15(16)13-28/h6-7,10,13,25H,8-9,11-12,24H2,1-5H3,(H,26,29)/b20-19+. The molecule has 1 aliphatic carbocycles. The van der Waals surface area contributed by atoms with Gasteiger partial charge in [0.05, 0.1) is 17.9 Å². The molecule has 164 valence electrons. The summed E-state index contributed by atoms with van der Waals surface area (Å²) in [5, 5.41) is 3.03. The zero-order chi connectivity index (χ0) is 22.5. The molecule has 0 spiro atoms. The first kappa shape index (κ1) is 23.6. The van der Waals surface area contributed by atoms with Crippen LogP contribution in [0, 0.1) is 18.2 Å². The van der Waals surface area contributed by atoms with E-state index < -0.39 is 11.7 Å². The van der Waals surface area contributed by atoms with Gasteiger partial charge in [-0.3, -0.25) is 14.4 Å². The molecule has 1 aromatic rings. The van der Waals surface area contributed by atoms with Crippen LogP contribution in [0.25, 0.3) is 0 Å². The van der Waals surface area contributed by atoms with Crippen LogP contribution < -0.4 is 16.5 Å². The van der Waals surface area contributed by atoms with Crippen LogP contribution in [0.4, 0.5) is 10.1 Å². The maximum absolute atomic E-state index is 14.5. The highest BCUT2D eigenvalue weighted by Gasteiger charge is 2.36. The second-order valence-corrected chi connectivity index (χ2v) is 8.43. The summed E-state index contributed by atoms with van der Waals surface area (Å²) in [6.45, 7) is 6.24. The van der Waals surface area contributed by atoms with Gasteiger partial charge in [-0.05, 0) is 54.0 Å². The van der Waals surface area contributed by atoms with Crippen LogP contribution in [0.1, 0.15) is 32.3 Å². The largest absolute Gasteiger partial charge is 0.364 e. The first-order valence-corrected chi connectivity index (χ1v) is 9.84. The summed E-state index contributed by atoms with van der Waals surface area (Å²) in [6.07, 6.45) is 1.86. The number of aryl methyl sites for hydroxylation is 1. The number of rotatable bonds is 9. The number of hydrogen-bond donors (Lipinski definition) is 3. The molecule has 0 saturated carbocycles. The minimum Gasteiger partial charge on any atom is -0.364 e. The molecular formula is C22H31FN4O3. The van der Waals surface area contributed by atoms with E-state index in [1.54, 1.807) is 38.1 Å². The lowest BCUT2D eigenvalue weighted by Gasteiger charge is -2.25. The molecule has 1 amide bonds. The van der Waals surface area contributed by atoms with E-state index in [0.717, 1.165) is 11.8 Å². The van der Waals surface area contributed by atoms with E-state index in [1.807, 2.05) is 13.8 Å². The van der Waals surface area contributed by atoms with Crippen LogP contribution in [0.3, 0.4) is 0 Å². The van der Waals surface area contributed by atoms with Crippen LogP contribution in [-0.2, 0) is 14.4 Å². The second kappa shape index (κ2) is 9.86. The van der Waals surface area contributed by atoms with Gasteiger partial charge >= 0.3 is 0 Å². The number of allylic oxidation sites excluding steroid dienone is 1. The summed E-state index contributed by atoms with van der Waals surface area (Å²) in [5.41, 5.74) is 10.1. The number of halogens is 1. The molecule has 0 fully saturated rings. The Balaban J connectivity index is 2.61. The molecular weight excluding hydrogens is 387 g/mol. The fraction of sp³-hybridized carbons (Fsp3) is 0.455. The highest BCUT2D eigenvalue weighted by Crippen LogP contribution is 2.44. The minimum absolute atomic E-state index is 0.140. The number of carbonyl (C=O) groups excluding carboxylic acids is 2. The highest BCUT2D eigenvalue weighted by molar-refractivity contribution is 6.00. The maximum Gasteiger partial charge on any atom is 0.278 e. The monoisotopic (exact) mass is 418 g/mol. The van der Waals surface area contributed by atoms with Gasteiger partial charge in [-0.2, -0.15) is 0 Å². The van der Waals surface area contributed by atoms with Crippen molar-refractivity contribution >= 4 is 17.9 Å². The normalized spacial score (nSPS) is 16.2. The molecule has 0 bridgehead atoms. The summed E-state index contributed by atoms with van der Waals surface area (Å²) in [6, 6.07) is 4.80. The van der Waals surface area contributed by atoms with Crippen molar-refractivity contribution in [3.05, 3.63) is 52.1 Å². The summed E-state index contributed by atoms with van der Waals surface area (Å²) in [4.78, 5) is 31.7. The first-order valence-electron chi connectivity index (χ1n) is 9.84. The Kier molecular flexibility index (Phi) is 7.75. The lowest BCUT2D eigenvalue weighted by molar-refractivity contribution is -0.129. The van der Waals surface area contributed by atoms with Crippen LogP contribution in [-0.4, -0.2) is 44.3 Å². The van der Waals surface area contributed by atoms with Crippen LogP contribution in [0.2, 0.25) is 0 Å². The molecule has 0 atom stereocenters. The van der Waals surface area contributed by atoms with Crippen LogP contribution in [0.15, 0.2) is 40.7 Å². The lowest BCUT2D eigenvalue weighted by atomic mass is 9.88. The van der Waals surface area contributed by atoms with Crippen LogP contribution >= 0.6 is 0 Å². The number of aldehydes is 1. The number of hydroxylamine groups is 1. The third-order valence-electron chi connectivity index (χ3n) is 4.83. The van der Waals surface area contributed by atoms with E-state index in [0.29, 0.717) is 29.8 Å². The molecule has 1 aromatic carbocycles. The molecule has 30 heavy (non-hydrogen) atoms. The Morgan fingerprint density at radius 1 is 1.33 bits per heavy atom. The zero-order valence-electron chi connectivity index (χ0n) is 18.3. The third kappa shape index (κ3) is 5.67. The summed E-state index contributed by atoms with van der Waals surface area (Å²) >= 11 is 0. The first-order chi connectivity index (χ1) is 14.1. The molecule has 0 heterocycles. The fourth-order valence-corrected chi connectivity index (χ4v) is 3.50. The van der Waals surface area contributed by atoms with Gasteiger partial charge in [0.15, 0.2) is 0 Å². The minimum atomic E-state index is -0.529. The van der Waals surface area contributed by atoms with Crippen molar-refractivity contribution in [3.63, 3.8) is 0 Å². The summed E-state index contributed by atoms with van der Waals surface area (Å²) in [7, 11) is 3.48. The molecule has 2 rings (SSSR count). The predicted molar refractivity (Wildman–Crippen MR) is 115 cm³/mol. The van der Waals surface area contributed by atoms with Gasteiger partial charge in [0, 0.05) is 20.6 Å². The van der Waals surface area contributed by atoms with Gasteiger partial charge in [0.25, 0.3) is 5.91 Å². The van der Waals surface area contributed by atoms with Crippen molar-refractivity contribution in [1.29, 1.82) is 0 Å². The van der Waals surface area contributed by atoms with Crippen molar-refractivity contribution in [2.75, 3.05) is 32.6 Å². The Labute approximate surface area is 177 Å². The Bertz CT molecular complexity index is 875. The Morgan fingerprint density at radius 3 is 2.60 bits per heavy atom. The molecule has 4 N–H and O–H groups in total. The van der Waals surface area contributed by atoms with Gasteiger partial charge in [-0.15, -0.1) is 0 Å². The number of hydrogen-bond acceptors (Lipinski definition) is 6. The Morgan fingerprint density at radius 2 is 2.03 bits per heavy atom. The van der Waals surface area contributed by atoms with Crippen molar-refractivity contribution in [2.45, 2.75) is 33.6 Å². The van der Waals surface area contributed by atoms with Crippen molar-refractivity contribution in [1.82, 2.24) is 10.4 Å². The average Bonchev–Trinajstić information content (AvgIpc) is 2.97. The van der Waals surface area contributed by atoms with Gasteiger partial charge < -0.3 is 16.0 Å². The Hall–Kier alpha value is -2.71. The average molecular weight is 419 g/mol. The highest BCUT2D eigenvalue weighted by atomic mass is 19.1. The molecule has 7 nitrogen and oxygen atoms in total. The third-order valence-corrected chi connectivity index (χ3v) is 4.83. The number of nitrogens with two attached hydrogens (primary N) is 1. The smallest absolute Gasteiger partial charge is 0.278 e. The molecule has 0 unspecified atom stereocenters. The van der Waals surface area contributed by atoms with Gasteiger partial charge in [0.2, 0.25) is 0 Å². The molecule has 1 aliphatic rings. The fourth-order valence-electron chi connectivity index (χ4n) is 3.50. The van der Waals surface area contributed by atoms with Gasteiger partial charge in [-0.25, -0.2) is 9.87 Å². The van der Waals surface area contributed by atoms with E-state index in [-0.39, 0.29) is 29.8 Å². The van der Waals surface area contributed by atoms with Crippen molar-refractivity contribution in [3.8, 4) is 0 Å². The summed E-state index contributed by atoms with van der Waals surface area (Å²) < 4.78 is 14.5. The SMILES string of the molecule is Cc1ccc(N/C(=C(\C(=O)NOCCN)C2=C(C=O)CC(C)(C)C2)N(C)C)c(F)c1. The number of benzene rings is 1. The number of anilines is 1. The van der Waals surface area contributed by atoms with Gasteiger partial charge in [0.1, 0.15) is 17.9 Å². The van der Waals surface area contributed by atoms with E-state index >= 15 is 0 Å². The molecule has 0 saturated heterocycles. The number of carbonyl (C=O) groups is 2. The maximum atomic E-state index is 14.5. The van der Waals surface area contributed by atoms with E-state index in [2.05, 4.69) is 10.8 Å². The molecule has 0 aliphatic heterocycles. The summed E-state index contributed by atoms with van der Waals surface area (Å²) in [5.74, 6) is -0.609.